The molecule has 2 aliphatic heterocycles. The maximum atomic E-state index is 12.1. The third-order valence-corrected chi connectivity index (χ3v) is 6.86. The van der Waals surface area contributed by atoms with Crippen LogP contribution in [0.25, 0.3) is 0 Å². The van der Waals surface area contributed by atoms with Crippen molar-refractivity contribution in [2.75, 3.05) is 18.4 Å². The van der Waals surface area contributed by atoms with Crippen LogP contribution in [-0.2, 0) is 21.8 Å². The molecule has 0 aromatic heterocycles. The van der Waals surface area contributed by atoms with E-state index in [1.807, 2.05) is 36.4 Å². The van der Waals surface area contributed by atoms with Gasteiger partial charge in [-0.2, -0.15) is 0 Å². The number of amides is 1. The minimum absolute atomic E-state index is 0.332. The van der Waals surface area contributed by atoms with Gasteiger partial charge in [-0.15, -0.1) is 0 Å². The summed E-state index contributed by atoms with van der Waals surface area (Å²) in [6.45, 7) is 2.42. The topological polar surface area (TPSA) is 63.2 Å². The quantitative estimate of drug-likeness (QED) is 0.704. The number of hydrogen-bond donors (Lipinski definition) is 1. The summed E-state index contributed by atoms with van der Waals surface area (Å²) in [5.41, 5.74) is 3.83. The molecule has 31 heavy (non-hydrogen) atoms. The number of hydrogen-bond acceptors (Lipinski definition) is 5. The van der Waals surface area contributed by atoms with Gasteiger partial charge in [0.05, 0.1) is 11.4 Å². The summed E-state index contributed by atoms with van der Waals surface area (Å²) in [5, 5.41) is 7.23. The van der Waals surface area contributed by atoms with E-state index in [9.17, 15) is 4.79 Å². The molecule has 2 fully saturated rings. The molecule has 2 aromatic carbocycles. The standard InChI is InChI=1S/C25H29N3O3/c29-24-26-23-9-5-4-8-22(23)25(31-24)14-16-28(17-15-25)21-12-10-20(11-13-21)27-30-18-19-6-2-1-3-7-19/h1-9,21H,10-18H2,(H,26,29). The van der Waals surface area contributed by atoms with Crippen LogP contribution in [0.5, 0.6) is 0 Å². The number of nitrogens with zero attached hydrogens (tertiary/aromatic N) is 2. The van der Waals surface area contributed by atoms with Crippen LogP contribution in [-0.4, -0.2) is 35.8 Å². The van der Waals surface area contributed by atoms with Crippen LogP contribution < -0.4 is 5.32 Å². The number of para-hydroxylation sites is 1. The predicted molar refractivity (Wildman–Crippen MR) is 120 cm³/mol. The number of oxime groups is 1. The van der Waals surface area contributed by atoms with Crippen LogP contribution in [0.2, 0.25) is 0 Å². The van der Waals surface area contributed by atoms with Gasteiger partial charge in [0, 0.05) is 37.5 Å². The highest BCUT2D eigenvalue weighted by Gasteiger charge is 2.45. The van der Waals surface area contributed by atoms with Gasteiger partial charge in [0.1, 0.15) is 12.2 Å². The highest BCUT2D eigenvalue weighted by molar-refractivity contribution is 5.88. The molecule has 6 heteroatoms. The number of fused-ring (bicyclic) bond motifs is 2. The molecule has 1 amide bonds. The number of carbonyl (C=O) groups is 1. The summed E-state index contributed by atoms with van der Waals surface area (Å²) < 4.78 is 5.86. The fourth-order valence-corrected chi connectivity index (χ4v) is 5.14. The normalized spacial score (nSPS) is 22.9. The maximum Gasteiger partial charge on any atom is 0.412 e. The first-order valence-corrected chi connectivity index (χ1v) is 11.3. The lowest BCUT2D eigenvalue weighted by Crippen LogP contribution is -2.51. The third kappa shape index (κ3) is 4.30. The van der Waals surface area contributed by atoms with Crippen LogP contribution in [0, 0.1) is 0 Å². The predicted octanol–water partition coefficient (Wildman–Crippen LogP) is 5.06. The van der Waals surface area contributed by atoms with E-state index in [-0.39, 0.29) is 6.09 Å². The average molecular weight is 420 g/mol. The summed E-state index contributed by atoms with van der Waals surface area (Å²) in [5.74, 6) is 0. The molecule has 0 bridgehead atoms. The van der Waals surface area contributed by atoms with Gasteiger partial charge in [0.15, 0.2) is 0 Å². The molecule has 2 aromatic rings. The van der Waals surface area contributed by atoms with Crippen LogP contribution >= 0.6 is 0 Å². The van der Waals surface area contributed by atoms with E-state index in [1.165, 1.54) is 5.71 Å². The fourth-order valence-electron chi connectivity index (χ4n) is 5.14. The second-order valence-corrected chi connectivity index (χ2v) is 8.74. The number of likely N-dealkylation sites (tertiary alicyclic amines) is 1. The van der Waals surface area contributed by atoms with E-state index in [0.29, 0.717) is 12.6 Å². The van der Waals surface area contributed by atoms with Crippen molar-refractivity contribution in [1.82, 2.24) is 4.90 Å². The molecule has 5 rings (SSSR count). The largest absolute Gasteiger partial charge is 0.438 e. The number of anilines is 1. The summed E-state index contributed by atoms with van der Waals surface area (Å²) in [6.07, 6.45) is 5.55. The van der Waals surface area contributed by atoms with Gasteiger partial charge in [0.25, 0.3) is 0 Å². The SMILES string of the molecule is O=C1Nc2ccccc2C2(CCN(C3CCC(=NOCc4ccccc4)CC3)CC2)O1. The van der Waals surface area contributed by atoms with Gasteiger partial charge in [-0.1, -0.05) is 53.7 Å². The molecular weight excluding hydrogens is 390 g/mol. The first kappa shape index (κ1) is 20.1. The molecule has 6 nitrogen and oxygen atoms in total. The van der Waals surface area contributed by atoms with E-state index < -0.39 is 5.60 Å². The number of ether oxygens (including phenoxy) is 1. The van der Waals surface area contributed by atoms with Gasteiger partial charge in [-0.3, -0.25) is 5.32 Å². The lowest BCUT2D eigenvalue weighted by atomic mass is 9.81. The van der Waals surface area contributed by atoms with Crippen LogP contribution in [0.4, 0.5) is 10.5 Å². The van der Waals surface area contributed by atoms with Gasteiger partial charge in [-0.05, 0) is 37.3 Å². The highest BCUT2D eigenvalue weighted by atomic mass is 16.6. The molecular formula is C25H29N3O3. The molecule has 0 atom stereocenters. The van der Waals surface area contributed by atoms with Gasteiger partial charge >= 0.3 is 6.09 Å². The summed E-state index contributed by atoms with van der Waals surface area (Å²) in [4.78, 5) is 20.3. The van der Waals surface area contributed by atoms with Gasteiger partial charge < -0.3 is 14.5 Å². The van der Waals surface area contributed by atoms with Crippen molar-refractivity contribution in [2.24, 2.45) is 5.16 Å². The van der Waals surface area contributed by atoms with Crippen molar-refractivity contribution in [3.8, 4) is 0 Å². The molecule has 2 heterocycles. The molecule has 1 aliphatic carbocycles. The summed E-state index contributed by atoms with van der Waals surface area (Å²) >= 11 is 0. The zero-order valence-corrected chi connectivity index (χ0v) is 17.8. The molecule has 1 saturated carbocycles. The maximum absolute atomic E-state index is 12.1. The molecule has 1 spiro atoms. The monoisotopic (exact) mass is 419 g/mol. The van der Waals surface area contributed by atoms with E-state index >= 15 is 0 Å². The van der Waals surface area contributed by atoms with Crippen molar-refractivity contribution >= 4 is 17.5 Å². The number of rotatable bonds is 4. The highest BCUT2D eigenvalue weighted by Crippen LogP contribution is 2.44. The van der Waals surface area contributed by atoms with E-state index in [2.05, 4.69) is 33.6 Å². The smallest absolute Gasteiger partial charge is 0.412 e. The van der Waals surface area contributed by atoms with Crippen molar-refractivity contribution in [2.45, 2.75) is 56.8 Å². The van der Waals surface area contributed by atoms with E-state index in [0.717, 1.165) is 68.4 Å². The molecule has 1 saturated heterocycles. The van der Waals surface area contributed by atoms with Gasteiger partial charge in [-0.25, -0.2) is 4.79 Å². The number of benzene rings is 2. The number of piperidine rings is 1. The minimum atomic E-state index is -0.484. The Balaban J connectivity index is 1.14. The Morgan fingerprint density at radius 1 is 1.03 bits per heavy atom. The minimum Gasteiger partial charge on any atom is -0.438 e. The fraction of sp³-hybridized carbons (Fsp3) is 0.440. The molecule has 1 N–H and O–H groups in total. The summed E-state index contributed by atoms with van der Waals surface area (Å²) in [7, 11) is 0. The Kier molecular flexibility index (Phi) is 5.64. The van der Waals surface area contributed by atoms with Crippen LogP contribution in [0.1, 0.15) is 49.7 Å². The van der Waals surface area contributed by atoms with E-state index in [4.69, 9.17) is 9.57 Å². The number of carbonyl (C=O) groups excluding carboxylic acids is 1. The zero-order valence-electron chi connectivity index (χ0n) is 17.8. The average Bonchev–Trinajstić information content (AvgIpc) is 2.81. The first-order chi connectivity index (χ1) is 15.2. The van der Waals surface area contributed by atoms with E-state index in [1.54, 1.807) is 0 Å². The Bertz CT molecular complexity index is 941. The Morgan fingerprint density at radius 3 is 2.52 bits per heavy atom. The van der Waals surface area contributed by atoms with Crippen molar-refractivity contribution < 1.29 is 14.4 Å². The Labute approximate surface area is 183 Å². The molecule has 3 aliphatic rings. The van der Waals surface area contributed by atoms with Crippen LogP contribution in [0.3, 0.4) is 0 Å². The molecule has 162 valence electrons. The molecule has 0 unspecified atom stereocenters. The molecule has 0 radical (unpaired) electrons. The van der Waals surface area contributed by atoms with Crippen molar-refractivity contribution in [3.63, 3.8) is 0 Å². The third-order valence-electron chi connectivity index (χ3n) is 6.86. The van der Waals surface area contributed by atoms with Crippen LogP contribution in [0.15, 0.2) is 59.8 Å². The van der Waals surface area contributed by atoms with Crippen molar-refractivity contribution in [1.29, 1.82) is 0 Å². The first-order valence-electron chi connectivity index (χ1n) is 11.3. The Hall–Kier alpha value is -2.86. The number of nitrogens with one attached hydrogen (secondary N) is 1. The summed E-state index contributed by atoms with van der Waals surface area (Å²) in [6, 6.07) is 18.7. The second kappa shape index (κ2) is 8.71. The van der Waals surface area contributed by atoms with Gasteiger partial charge in [0.2, 0.25) is 0 Å². The lowest BCUT2D eigenvalue weighted by Gasteiger charge is -2.46. The zero-order chi connectivity index (χ0) is 21.1. The Morgan fingerprint density at radius 2 is 1.74 bits per heavy atom. The second-order valence-electron chi connectivity index (χ2n) is 8.74. The lowest BCUT2D eigenvalue weighted by molar-refractivity contribution is -0.0473. The van der Waals surface area contributed by atoms with Crippen molar-refractivity contribution in [3.05, 3.63) is 65.7 Å².